The first kappa shape index (κ1) is 20.0. The smallest absolute Gasteiger partial charge is 0.239 e. The van der Waals surface area contributed by atoms with Crippen molar-refractivity contribution in [1.82, 2.24) is 19.6 Å². The second kappa shape index (κ2) is 7.98. The lowest BCUT2D eigenvalue weighted by molar-refractivity contribution is -0.115. The average molecular weight is 474 g/mol. The van der Waals surface area contributed by atoms with Crippen LogP contribution in [0.2, 0.25) is 0 Å². The first-order valence-corrected chi connectivity index (χ1v) is 11.7. The van der Waals surface area contributed by atoms with Crippen LogP contribution in [0.3, 0.4) is 0 Å². The lowest BCUT2D eigenvalue weighted by Crippen LogP contribution is -2.22. The third-order valence-corrected chi connectivity index (χ3v) is 7.32. The molecule has 0 fully saturated rings. The standard InChI is InChI=1S/C20H13F2N5OS3/c1-10(30-19-25-26-20-27(19)15-4-2-3-5-16(15)31-20)17(28)24-18-23-14(9-29-18)11-6-7-12(21)13(22)8-11/h2-10H,1H3,(H,23,24,28). The largest absolute Gasteiger partial charge is 0.301 e. The summed E-state index contributed by atoms with van der Waals surface area (Å²) in [6.07, 6.45) is 0. The first-order valence-electron chi connectivity index (χ1n) is 9.11. The molecule has 1 unspecified atom stereocenters. The van der Waals surface area contributed by atoms with Gasteiger partial charge in [-0.25, -0.2) is 13.8 Å². The number of thiazole rings is 2. The molecule has 0 bridgehead atoms. The third kappa shape index (κ3) is 3.80. The van der Waals surface area contributed by atoms with Gasteiger partial charge in [-0.2, -0.15) is 0 Å². The number of hydrogen-bond donors (Lipinski definition) is 1. The van der Waals surface area contributed by atoms with Crippen LogP contribution in [0.5, 0.6) is 0 Å². The van der Waals surface area contributed by atoms with Crippen molar-refractivity contribution in [2.45, 2.75) is 17.3 Å². The molecule has 6 nitrogen and oxygen atoms in total. The van der Waals surface area contributed by atoms with E-state index in [0.29, 0.717) is 21.5 Å². The van der Waals surface area contributed by atoms with Crippen LogP contribution in [0.25, 0.3) is 26.4 Å². The highest BCUT2D eigenvalue weighted by Crippen LogP contribution is 2.32. The molecule has 0 saturated heterocycles. The van der Waals surface area contributed by atoms with Gasteiger partial charge in [0.1, 0.15) is 0 Å². The summed E-state index contributed by atoms with van der Waals surface area (Å²) in [4.78, 5) is 17.8. The molecule has 0 radical (unpaired) electrons. The van der Waals surface area contributed by atoms with Gasteiger partial charge in [0, 0.05) is 10.9 Å². The van der Waals surface area contributed by atoms with Gasteiger partial charge in [-0.15, -0.1) is 21.5 Å². The Morgan fingerprint density at radius 3 is 2.84 bits per heavy atom. The maximum absolute atomic E-state index is 13.5. The topological polar surface area (TPSA) is 72.2 Å². The summed E-state index contributed by atoms with van der Waals surface area (Å²) in [6.45, 7) is 1.78. The van der Waals surface area contributed by atoms with Crippen molar-refractivity contribution in [3.8, 4) is 11.3 Å². The number of hydrogen-bond acceptors (Lipinski definition) is 7. The van der Waals surface area contributed by atoms with Gasteiger partial charge in [-0.05, 0) is 37.3 Å². The quantitative estimate of drug-likeness (QED) is 0.343. The van der Waals surface area contributed by atoms with Gasteiger partial charge in [0.15, 0.2) is 21.9 Å². The minimum absolute atomic E-state index is 0.243. The molecule has 5 aromatic rings. The van der Waals surface area contributed by atoms with Crippen LogP contribution in [-0.2, 0) is 4.79 Å². The summed E-state index contributed by atoms with van der Waals surface area (Å²) >= 11 is 4.06. The maximum Gasteiger partial charge on any atom is 0.239 e. The Morgan fingerprint density at radius 1 is 1.16 bits per heavy atom. The lowest BCUT2D eigenvalue weighted by atomic mass is 10.2. The number of para-hydroxylation sites is 1. The second-order valence-electron chi connectivity index (χ2n) is 6.59. The maximum atomic E-state index is 13.5. The zero-order valence-corrected chi connectivity index (χ0v) is 18.3. The summed E-state index contributed by atoms with van der Waals surface area (Å²) in [5.74, 6) is -2.10. The number of anilines is 1. The van der Waals surface area contributed by atoms with Gasteiger partial charge < -0.3 is 5.32 Å². The molecule has 0 aliphatic rings. The number of aromatic nitrogens is 4. The van der Waals surface area contributed by atoms with Crippen molar-refractivity contribution in [3.05, 3.63) is 59.5 Å². The molecule has 3 heterocycles. The molecule has 1 N–H and O–H groups in total. The molecular formula is C20H13F2N5OS3. The number of benzene rings is 2. The van der Waals surface area contributed by atoms with E-state index >= 15 is 0 Å². The number of fused-ring (bicyclic) bond motifs is 3. The summed E-state index contributed by atoms with van der Waals surface area (Å²) in [7, 11) is 0. The van der Waals surface area contributed by atoms with E-state index in [-0.39, 0.29) is 5.91 Å². The number of thioether (sulfide) groups is 1. The van der Waals surface area contributed by atoms with Crippen LogP contribution in [-0.4, -0.2) is 30.7 Å². The molecular weight excluding hydrogens is 460 g/mol. The first-order chi connectivity index (χ1) is 15.0. The van der Waals surface area contributed by atoms with Gasteiger partial charge >= 0.3 is 0 Å². The number of carbonyl (C=O) groups excluding carboxylic acids is 1. The van der Waals surface area contributed by atoms with Crippen LogP contribution < -0.4 is 5.32 Å². The SMILES string of the molecule is CC(Sc1nnc2sc3ccccc3n12)C(=O)Nc1nc(-c2ccc(F)c(F)c2)cs1. The summed E-state index contributed by atoms with van der Waals surface area (Å²) in [5, 5.41) is 13.4. The Kier molecular flexibility index (Phi) is 5.16. The fourth-order valence-electron chi connectivity index (χ4n) is 2.97. The number of amides is 1. The van der Waals surface area contributed by atoms with Crippen molar-refractivity contribution in [3.63, 3.8) is 0 Å². The average Bonchev–Trinajstić information content (AvgIpc) is 3.46. The number of carbonyl (C=O) groups is 1. The van der Waals surface area contributed by atoms with Crippen molar-refractivity contribution < 1.29 is 13.6 Å². The Hall–Kier alpha value is -2.89. The highest BCUT2D eigenvalue weighted by atomic mass is 32.2. The molecule has 0 spiro atoms. The van der Waals surface area contributed by atoms with Crippen LogP contribution in [0.1, 0.15) is 6.92 Å². The molecule has 156 valence electrons. The Balaban J connectivity index is 1.32. The molecule has 11 heteroatoms. The molecule has 1 atom stereocenters. The molecule has 5 rings (SSSR count). The molecule has 2 aromatic carbocycles. The van der Waals surface area contributed by atoms with Crippen LogP contribution in [0.4, 0.5) is 13.9 Å². The van der Waals surface area contributed by atoms with E-state index in [1.807, 2.05) is 28.7 Å². The Labute approximate surface area is 187 Å². The predicted molar refractivity (Wildman–Crippen MR) is 120 cm³/mol. The Bertz CT molecular complexity index is 1430. The fraction of sp³-hybridized carbons (Fsp3) is 0.100. The van der Waals surface area contributed by atoms with Gasteiger partial charge in [-0.3, -0.25) is 9.20 Å². The molecule has 0 saturated carbocycles. The van der Waals surface area contributed by atoms with E-state index in [2.05, 4.69) is 20.5 Å². The number of halogens is 2. The van der Waals surface area contributed by atoms with Gasteiger partial charge in [0.05, 0.1) is 21.2 Å². The van der Waals surface area contributed by atoms with Crippen molar-refractivity contribution in [2.75, 3.05) is 5.32 Å². The zero-order valence-electron chi connectivity index (χ0n) is 15.9. The molecule has 0 aliphatic carbocycles. The number of rotatable bonds is 5. The molecule has 1 amide bonds. The molecule has 0 aliphatic heterocycles. The zero-order chi connectivity index (χ0) is 21.5. The van der Waals surface area contributed by atoms with E-state index in [4.69, 9.17) is 0 Å². The van der Waals surface area contributed by atoms with Crippen LogP contribution >= 0.6 is 34.4 Å². The predicted octanol–water partition coefficient (Wildman–Crippen LogP) is 5.47. The van der Waals surface area contributed by atoms with Crippen LogP contribution in [0, 0.1) is 11.6 Å². The highest BCUT2D eigenvalue weighted by Gasteiger charge is 2.21. The fourth-order valence-corrected chi connectivity index (χ4v) is 5.58. The van der Waals surface area contributed by atoms with Crippen molar-refractivity contribution in [1.29, 1.82) is 0 Å². The third-order valence-electron chi connectivity index (χ3n) is 4.51. The van der Waals surface area contributed by atoms with E-state index in [9.17, 15) is 13.6 Å². The molecule has 31 heavy (non-hydrogen) atoms. The monoisotopic (exact) mass is 473 g/mol. The number of nitrogens with one attached hydrogen (secondary N) is 1. The minimum Gasteiger partial charge on any atom is -0.301 e. The summed E-state index contributed by atoms with van der Waals surface area (Å²) in [6, 6.07) is 11.5. The van der Waals surface area contributed by atoms with Crippen molar-refractivity contribution >= 4 is 60.7 Å². The van der Waals surface area contributed by atoms with Crippen molar-refractivity contribution in [2.24, 2.45) is 0 Å². The van der Waals surface area contributed by atoms with Gasteiger partial charge in [-0.1, -0.05) is 35.2 Å². The van der Waals surface area contributed by atoms with E-state index < -0.39 is 16.9 Å². The van der Waals surface area contributed by atoms with Gasteiger partial charge in [0.2, 0.25) is 10.9 Å². The minimum atomic E-state index is -0.943. The second-order valence-corrected chi connectivity index (χ2v) is 9.76. The Morgan fingerprint density at radius 2 is 2.00 bits per heavy atom. The number of nitrogens with zero attached hydrogens (tertiary/aromatic N) is 4. The summed E-state index contributed by atoms with van der Waals surface area (Å²) in [5.41, 5.74) is 1.90. The highest BCUT2D eigenvalue weighted by molar-refractivity contribution is 8.00. The van der Waals surface area contributed by atoms with E-state index in [1.165, 1.54) is 29.2 Å². The molecule has 3 aromatic heterocycles. The van der Waals surface area contributed by atoms with E-state index in [0.717, 1.165) is 27.3 Å². The summed E-state index contributed by atoms with van der Waals surface area (Å²) < 4.78 is 29.6. The lowest BCUT2D eigenvalue weighted by Gasteiger charge is -2.09. The normalized spacial score (nSPS) is 12.5. The van der Waals surface area contributed by atoms with Crippen LogP contribution in [0.15, 0.2) is 53.0 Å². The van der Waals surface area contributed by atoms with Gasteiger partial charge in [0.25, 0.3) is 0 Å². The van der Waals surface area contributed by atoms with E-state index in [1.54, 1.807) is 23.6 Å².